The van der Waals surface area contributed by atoms with E-state index in [1.807, 2.05) is 19.1 Å². The fraction of sp³-hybridized carbons (Fsp3) is 0.500. The number of anilines is 1. The van der Waals surface area contributed by atoms with E-state index in [1.54, 1.807) is 6.20 Å². The summed E-state index contributed by atoms with van der Waals surface area (Å²) in [7, 11) is 0. The van der Waals surface area contributed by atoms with Gasteiger partial charge in [0.1, 0.15) is 5.82 Å². The molecule has 86 valence electrons. The Morgan fingerprint density at radius 1 is 1.50 bits per heavy atom. The molecular weight excluding hydrogens is 268 g/mol. The summed E-state index contributed by atoms with van der Waals surface area (Å²) in [6.45, 7) is 2.04. The van der Waals surface area contributed by atoms with Crippen molar-refractivity contribution >= 4 is 27.7 Å². The monoisotopic (exact) mass is 282 g/mol. The van der Waals surface area contributed by atoms with E-state index in [-0.39, 0.29) is 11.3 Å². The van der Waals surface area contributed by atoms with E-state index >= 15 is 0 Å². The van der Waals surface area contributed by atoms with Crippen molar-refractivity contribution in [2.45, 2.75) is 32.6 Å². The van der Waals surface area contributed by atoms with Crippen LogP contribution in [0.2, 0.25) is 0 Å². The zero-order valence-electron chi connectivity index (χ0n) is 9.29. The molecular formula is C12H15BrN2O. The SMILES string of the molecule is CC1(C(=O)Nc2cc(Br)ccn2)CCCC1. The van der Waals surface area contributed by atoms with Gasteiger partial charge in [0.05, 0.1) is 0 Å². The number of hydrogen-bond acceptors (Lipinski definition) is 2. The van der Waals surface area contributed by atoms with E-state index in [2.05, 4.69) is 26.2 Å². The fourth-order valence-electron chi connectivity index (χ4n) is 2.12. The minimum absolute atomic E-state index is 0.0931. The second kappa shape index (κ2) is 4.53. The Morgan fingerprint density at radius 2 is 2.19 bits per heavy atom. The fourth-order valence-corrected chi connectivity index (χ4v) is 2.46. The molecule has 1 saturated carbocycles. The lowest BCUT2D eigenvalue weighted by molar-refractivity contribution is -0.124. The normalized spacial score (nSPS) is 18.4. The molecule has 0 saturated heterocycles. The molecule has 2 rings (SSSR count). The minimum Gasteiger partial charge on any atom is -0.310 e. The van der Waals surface area contributed by atoms with Crippen LogP contribution < -0.4 is 5.32 Å². The number of rotatable bonds is 2. The molecule has 16 heavy (non-hydrogen) atoms. The van der Waals surface area contributed by atoms with Gasteiger partial charge in [0, 0.05) is 16.1 Å². The van der Waals surface area contributed by atoms with Gasteiger partial charge in [-0.2, -0.15) is 0 Å². The van der Waals surface area contributed by atoms with Gasteiger partial charge < -0.3 is 5.32 Å². The molecule has 0 spiro atoms. The third kappa shape index (κ3) is 2.43. The van der Waals surface area contributed by atoms with E-state index in [4.69, 9.17) is 0 Å². The maximum atomic E-state index is 12.1. The number of carbonyl (C=O) groups is 1. The highest BCUT2D eigenvalue weighted by Crippen LogP contribution is 2.38. The van der Waals surface area contributed by atoms with Gasteiger partial charge in [-0.3, -0.25) is 4.79 Å². The summed E-state index contributed by atoms with van der Waals surface area (Å²) in [5.74, 6) is 0.711. The third-order valence-electron chi connectivity index (χ3n) is 3.22. The molecule has 1 aliphatic carbocycles. The lowest BCUT2D eigenvalue weighted by Gasteiger charge is -2.21. The molecule has 1 aromatic heterocycles. The first-order valence-electron chi connectivity index (χ1n) is 5.53. The van der Waals surface area contributed by atoms with Crippen molar-refractivity contribution in [2.75, 3.05) is 5.32 Å². The topological polar surface area (TPSA) is 42.0 Å². The Balaban J connectivity index is 2.07. The van der Waals surface area contributed by atoms with Crippen molar-refractivity contribution in [1.82, 2.24) is 4.98 Å². The summed E-state index contributed by atoms with van der Waals surface area (Å²) in [5, 5.41) is 2.89. The Hall–Kier alpha value is -0.900. The number of carbonyl (C=O) groups excluding carboxylic acids is 1. The molecule has 1 aliphatic rings. The molecule has 0 aliphatic heterocycles. The summed E-state index contributed by atoms with van der Waals surface area (Å²) in [6, 6.07) is 3.66. The summed E-state index contributed by atoms with van der Waals surface area (Å²) in [6.07, 6.45) is 5.93. The lowest BCUT2D eigenvalue weighted by Crippen LogP contribution is -2.31. The molecule has 0 bridgehead atoms. The maximum Gasteiger partial charge on any atom is 0.231 e. The molecule has 0 atom stereocenters. The van der Waals surface area contributed by atoms with Crippen LogP contribution in [0.15, 0.2) is 22.8 Å². The number of amides is 1. The van der Waals surface area contributed by atoms with Crippen LogP contribution in [0.4, 0.5) is 5.82 Å². The van der Waals surface area contributed by atoms with E-state index in [9.17, 15) is 4.79 Å². The molecule has 0 radical (unpaired) electrons. The molecule has 0 aromatic carbocycles. The van der Waals surface area contributed by atoms with Crippen LogP contribution in [0.3, 0.4) is 0 Å². The van der Waals surface area contributed by atoms with E-state index in [1.165, 1.54) is 0 Å². The molecule has 1 heterocycles. The third-order valence-corrected chi connectivity index (χ3v) is 3.71. The van der Waals surface area contributed by atoms with Crippen molar-refractivity contribution in [2.24, 2.45) is 5.41 Å². The van der Waals surface area contributed by atoms with Gasteiger partial charge in [-0.15, -0.1) is 0 Å². The highest BCUT2D eigenvalue weighted by atomic mass is 79.9. The Bertz CT molecular complexity index is 400. The van der Waals surface area contributed by atoms with Crippen LogP contribution in [-0.4, -0.2) is 10.9 Å². The van der Waals surface area contributed by atoms with E-state index in [0.29, 0.717) is 5.82 Å². The number of pyridine rings is 1. The summed E-state index contributed by atoms with van der Waals surface area (Å²) in [4.78, 5) is 16.2. The van der Waals surface area contributed by atoms with Crippen molar-refractivity contribution in [3.8, 4) is 0 Å². The standard InChI is InChI=1S/C12H15BrN2O/c1-12(5-2-3-6-12)11(16)15-10-8-9(13)4-7-14-10/h4,7-8H,2-3,5-6H2,1H3,(H,14,15,16). The number of hydrogen-bond donors (Lipinski definition) is 1. The molecule has 3 nitrogen and oxygen atoms in total. The average Bonchev–Trinajstić information content (AvgIpc) is 2.66. The molecule has 4 heteroatoms. The van der Waals surface area contributed by atoms with Gasteiger partial charge in [0.2, 0.25) is 5.91 Å². The average molecular weight is 283 g/mol. The highest BCUT2D eigenvalue weighted by Gasteiger charge is 2.36. The zero-order valence-corrected chi connectivity index (χ0v) is 10.9. The first-order chi connectivity index (χ1) is 7.60. The number of aromatic nitrogens is 1. The van der Waals surface area contributed by atoms with Gasteiger partial charge >= 0.3 is 0 Å². The van der Waals surface area contributed by atoms with Gasteiger partial charge in [-0.05, 0) is 25.0 Å². The van der Waals surface area contributed by atoms with Crippen molar-refractivity contribution in [1.29, 1.82) is 0 Å². The number of halogens is 1. The first kappa shape index (κ1) is 11.6. The minimum atomic E-state index is -0.204. The van der Waals surface area contributed by atoms with E-state index in [0.717, 1.165) is 30.2 Å². The Morgan fingerprint density at radius 3 is 2.81 bits per heavy atom. The Labute approximate surface area is 104 Å². The van der Waals surface area contributed by atoms with Crippen LogP contribution >= 0.6 is 15.9 Å². The summed E-state index contributed by atoms with van der Waals surface area (Å²) in [5.41, 5.74) is -0.204. The van der Waals surface area contributed by atoms with Crippen molar-refractivity contribution in [3.05, 3.63) is 22.8 Å². The molecule has 1 amide bonds. The van der Waals surface area contributed by atoms with Crippen molar-refractivity contribution < 1.29 is 4.79 Å². The number of nitrogens with zero attached hydrogens (tertiary/aromatic N) is 1. The van der Waals surface area contributed by atoms with Crippen LogP contribution in [-0.2, 0) is 4.79 Å². The van der Waals surface area contributed by atoms with Crippen LogP contribution in [0.1, 0.15) is 32.6 Å². The van der Waals surface area contributed by atoms with Crippen LogP contribution in [0.25, 0.3) is 0 Å². The second-order valence-corrected chi connectivity index (χ2v) is 5.50. The molecule has 1 N–H and O–H groups in total. The molecule has 1 fully saturated rings. The highest BCUT2D eigenvalue weighted by molar-refractivity contribution is 9.10. The largest absolute Gasteiger partial charge is 0.310 e. The first-order valence-corrected chi connectivity index (χ1v) is 6.32. The lowest BCUT2D eigenvalue weighted by atomic mass is 9.88. The van der Waals surface area contributed by atoms with Crippen LogP contribution in [0.5, 0.6) is 0 Å². The van der Waals surface area contributed by atoms with Crippen molar-refractivity contribution in [3.63, 3.8) is 0 Å². The van der Waals surface area contributed by atoms with Gasteiger partial charge in [0.15, 0.2) is 0 Å². The smallest absolute Gasteiger partial charge is 0.231 e. The molecule has 1 aromatic rings. The van der Waals surface area contributed by atoms with Gasteiger partial charge in [-0.25, -0.2) is 4.98 Å². The zero-order chi connectivity index (χ0) is 11.6. The quantitative estimate of drug-likeness (QED) is 0.904. The molecule has 0 unspecified atom stereocenters. The number of nitrogens with one attached hydrogen (secondary N) is 1. The Kier molecular flexibility index (Phi) is 3.28. The van der Waals surface area contributed by atoms with E-state index < -0.39 is 0 Å². The predicted molar refractivity (Wildman–Crippen MR) is 67.1 cm³/mol. The van der Waals surface area contributed by atoms with Gasteiger partial charge in [0.25, 0.3) is 0 Å². The predicted octanol–water partition coefficient (Wildman–Crippen LogP) is 3.36. The summed E-state index contributed by atoms with van der Waals surface area (Å²) >= 11 is 3.36. The maximum absolute atomic E-state index is 12.1. The summed E-state index contributed by atoms with van der Waals surface area (Å²) < 4.78 is 0.925. The second-order valence-electron chi connectivity index (χ2n) is 4.58. The van der Waals surface area contributed by atoms with Crippen LogP contribution in [0, 0.1) is 5.41 Å². The van der Waals surface area contributed by atoms with Gasteiger partial charge in [-0.1, -0.05) is 35.7 Å².